The Hall–Kier alpha value is -2.57. The van der Waals surface area contributed by atoms with Crippen molar-refractivity contribution in [3.05, 3.63) is 98.5 Å². The molecule has 5 rings (SSSR count). The molecule has 1 fully saturated rings. The minimum absolute atomic E-state index is 0. The number of likely N-dealkylation sites (tertiary alicyclic amines) is 1. The van der Waals surface area contributed by atoms with E-state index >= 15 is 0 Å². The van der Waals surface area contributed by atoms with Crippen molar-refractivity contribution >= 4 is 58.4 Å². The second-order valence-electron chi connectivity index (χ2n) is 10.1. The molecule has 206 valence electrons. The van der Waals surface area contributed by atoms with Crippen molar-refractivity contribution in [2.45, 2.75) is 38.1 Å². The minimum atomic E-state index is -0.924. The van der Waals surface area contributed by atoms with Crippen LogP contribution in [0, 0.1) is 0 Å². The lowest BCUT2D eigenvalue weighted by Crippen LogP contribution is -2.27. The van der Waals surface area contributed by atoms with E-state index < -0.39 is 5.97 Å². The number of rotatable bonds is 8. The van der Waals surface area contributed by atoms with Gasteiger partial charge in [0, 0.05) is 41.4 Å². The van der Waals surface area contributed by atoms with Gasteiger partial charge in [-0.25, -0.2) is 4.79 Å². The second kappa shape index (κ2) is 13.2. The quantitative estimate of drug-likeness (QED) is 0.278. The van der Waals surface area contributed by atoms with Gasteiger partial charge in [-0.1, -0.05) is 47.5 Å². The molecule has 1 atom stereocenters. The topological polar surface area (TPSA) is 52.6 Å². The number of aromatic carboxylic acids is 1. The number of aryl methyl sites for hydroxylation is 1. The molecule has 39 heavy (non-hydrogen) atoms. The molecule has 3 aromatic carbocycles. The summed E-state index contributed by atoms with van der Waals surface area (Å²) < 4.78 is 12.6. The zero-order chi connectivity index (χ0) is 26.6. The lowest BCUT2D eigenvalue weighted by atomic mass is 9.87. The monoisotopic (exact) mass is 588 g/mol. The van der Waals surface area contributed by atoms with Crippen LogP contribution in [0.1, 0.15) is 58.3 Å². The Morgan fingerprint density at radius 3 is 2.64 bits per heavy atom. The van der Waals surface area contributed by atoms with E-state index in [1.165, 1.54) is 0 Å². The number of nitrogens with one attached hydrogen (secondary N) is 1. The lowest BCUT2D eigenvalue weighted by molar-refractivity contribution is 0.0696. The third-order valence-corrected chi connectivity index (χ3v) is 8.00. The van der Waals surface area contributed by atoms with E-state index in [9.17, 15) is 14.3 Å². The maximum Gasteiger partial charge on any atom is 0.335 e. The largest absolute Gasteiger partial charge is 0.478 e. The molecule has 0 saturated carbocycles. The number of anilines is 1. The number of carbonyl (C=O) groups is 1. The van der Waals surface area contributed by atoms with Gasteiger partial charge in [-0.2, -0.15) is 0 Å². The fourth-order valence-corrected chi connectivity index (χ4v) is 6.21. The summed E-state index contributed by atoms with van der Waals surface area (Å²) in [5.41, 5.74) is 7.57. The molecule has 0 bridgehead atoms. The van der Waals surface area contributed by atoms with Crippen LogP contribution in [0.15, 0.2) is 60.7 Å². The van der Waals surface area contributed by atoms with E-state index in [-0.39, 0.29) is 19.1 Å². The van der Waals surface area contributed by atoms with Crippen molar-refractivity contribution in [1.29, 1.82) is 0 Å². The normalized spacial score (nSPS) is 17.4. The van der Waals surface area contributed by atoms with Gasteiger partial charge >= 0.3 is 5.97 Å². The molecule has 3 aromatic rings. The average Bonchev–Trinajstić information content (AvgIpc) is 3.25. The first-order chi connectivity index (χ1) is 18.4. The van der Waals surface area contributed by atoms with Crippen LogP contribution in [0.25, 0.3) is 11.1 Å². The highest BCUT2D eigenvalue weighted by molar-refractivity contribution is 6.36. The van der Waals surface area contributed by atoms with Gasteiger partial charge in [0.1, 0.15) is 0 Å². The first kappa shape index (κ1) is 29.4. The number of allylic oxidation sites excluding steroid dienone is 1. The van der Waals surface area contributed by atoms with E-state index in [4.69, 9.17) is 23.2 Å². The summed E-state index contributed by atoms with van der Waals surface area (Å²) in [6.07, 6.45) is 4.06. The SMILES string of the molecule is Cl.O=C(O)c1ccc2c(c1)CCCC(c1ccc(Cl)cc1Cl)=C2c1cccc(NC2CCN(CCCF)C2)c1. The zero-order valence-electron chi connectivity index (χ0n) is 21.6. The van der Waals surface area contributed by atoms with Crippen molar-refractivity contribution < 1.29 is 14.3 Å². The minimum Gasteiger partial charge on any atom is -0.478 e. The highest BCUT2D eigenvalue weighted by atomic mass is 35.5. The van der Waals surface area contributed by atoms with E-state index in [1.54, 1.807) is 18.2 Å². The maximum absolute atomic E-state index is 12.6. The van der Waals surface area contributed by atoms with Crippen LogP contribution < -0.4 is 5.32 Å². The molecular weight excluding hydrogens is 558 g/mol. The van der Waals surface area contributed by atoms with E-state index in [0.29, 0.717) is 28.1 Å². The Kier molecular flexibility index (Phi) is 9.95. The first-order valence-corrected chi connectivity index (χ1v) is 13.9. The van der Waals surface area contributed by atoms with Gasteiger partial charge in [0.2, 0.25) is 0 Å². The number of alkyl halides is 1. The van der Waals surface area contributed by atoms with Crippen LogP contribution in [0.3, 0.4) is 0 Å². The van der Waals surface area contributed by atoms with Crippen molar-refractivity contribution in [3.63, 3.8) is 0 Å². The summed E-state index contributed by atoms with van der Waals surface area (Å²) in [5, 5.41) is 14.5. The third-order valence-electron chi connectivity index (χ3n) is 7.45. The fraction of sp³-hybridized carbons (Fsp3) is 0.323. The molecule has 0 aromatic heterocycles. The summed E-state index contributed by atoms with van der Waals surface area (Å²) >= 11 is 12.9. The summed E-state index contributed by atoms with van der Waals surface area (Å²) in [4.78, 5) is 14.0. The summed E-state index contributed by atoms with van der Waals surface area (Å²) in [5.74, 6) is -0.924. The van der Waals surface area contributed by atoms with E-state index in [1.807, 2.05) is 18.2 Å². The molecule has 1 heterocycles. The molecule has 1 aliphatic carbocycles. The second-order valence-corrected chi connectivity index (χ2v) is 10.9. The van der Waals surface area contributed by atoms with Crippen LogP contribution in [0.2, 0.25) is 10.0 Å². The van der Waals surface area contributed by atoms with Gasteiger partial charge in [0.25, 0.3) is 0 Å². The number of nitrogens with zero attached hydrogens (tertiary/aromatic N) is 1. The number of benzene rings is 3. The fourth-order valence-electron chi connectivity index (χ4n) is 5.69. The lowest BCUT2D eigenvalue weighted by Gasteiger charge is -2.20. The van der Waals surface area contributed by atoms with Gasteiger partial charge in [0.15, 0.2) is 0 Å². The van der Waals surface area contributed by atoms with Crippen LogP contribution in [-0.2, 0) is 6.42 Å². The molecule has 0 amide bonds. The van der Waals surface area contributed by atoms with Gasteiger partial charge in [0.05, 0.1) is 12.2 Å². The predicted octanol–water partition coefficient (Wildman–Crippen LogP) is 8.25. The zero-order valence-corrected chi connectivity index (χ0v) is 23.9. The Labute approximate surface area is 245 Å². The molecule has 1 aliphatic heterocycles. The van der Waals surface area contributed by atoms with E-state index in [2.05, 4.69) is 34.5 Å². The summed E-state index contributed by atoms with van der Waals surface area (Å²) in [6.45, 7) is 2.39. The maximum atomic E-state index is 12.6. The Bertz CT molecular complexity index is 1380. The Balaban J connectivity index is 0.00000353. The highest BCUT2D eigenvalue weighted by Gasteiger charge is 2.24. The molecule has 1 saturated heterocycles. The first-order valence-electron chi connectivity index (χ1n) is 13.1. The standard InChI is InChI=1S/C31H31Cl2FN2O2.ClH/c32-23-9-11-27(29(33)18-23)28-7-2-4-20-16-22(31(37)38)8-10-26(20)30(28)21-5-1-6-24(17-21)35-25-12-15-36(19-25)14-3-13-34;/h1,5-6,8-11,16-18,25,35H,2-4,7,12-15,19H2,(H,37,38);1H. The average molecular weight is 590 g/mol. The smallest absolute Gasteiger partial charge is 0.335 e. The number of halogens is 4. The predicted molar refractivity (Wildman–Crippen MR) is 161 cm³/mol. The van der Waals surface area contributed by atoms with Crippen molar-refractivity contribution in [1.82, 2.24) is 4.90 Å². The molecule has 8 heteroatoms. The van der Waals surface area contributed by atoms with Gasteiger partial charge in [-0.05, 0) is 102 Å². The van der Waals surface area contributed by atoms with Gasteiger partial charge in [-0.3, -0.25) is 4.39 Å². The molecule has 0 radical (unpaired) electrons. The van der Waals surface area contributed by atoms with Crippen LogP contribution >= 0.6 is 35.6 Å². The van der Waals surface area contributed by atoms with Crippen LogP contribution in [0.4, 0.5) is 10.1 Å². The van der Waals surface area contributed by atoms with Crippen molar-refractivity contribution in [3.8, 4) is 0 Å². The van der Waals surface area contributed by atoms with Gasteiger partial charge < -0.3 is 15.3 Å². The number of hydrogen-bond donors (Lipinski definition) is 2. The van der Waals surface area contributed by atoms with E-state index in [0.717, 1.165) is 84.4 Å². The highest BCUT2D eigenvalue weighted by Crippen LogP contribution is 2.43. The molecule has 4 nitrogen and oxygen atoms in total. The third kappa shape index (κ3) is 6.78. The summed E-state index contributed by atoms with van der Waals surface area (Å²) in [7, 11) is 0. The Morgan fingerprint density at radius 1 is 1.05 bits per heavy atom. The van der Waals surface area contributed by atoms with Gasteiger partial charge in [-0.15, -0.1) is 12.4 Å². The van der Waals surface area contributed by atoms with Crippen molar-refractivity contribution in [2.75, 3.05) is 31.6 Å². The molecule has 2 aliphatic rings. The number of carboxylic acid groups (broad SMARTS) is 1. The number of carboxylic acids is 1. The molecule has 1 unspecified atom stereocenters. The van der Waals surface area contributed by atoms with Crippen LogP contribution in [0.5, 0.6) is 0 Å². The molecular formula is C31H32Cl3FN2O2. The van der Waals surface area contributed by atoms with Crippen LogP contribution in [-0.4, -0.2) is 48.3 Å². The number of hydrogen-bond acceptors (Lipinski definition) is 3. The molecule has 2 N–H and O–H groups in total. The Morgan fingerprint density at radius 2 is 1.87 bits per heavy atom. The molecule has 0 spiro atoms. The number of fused-ring (bicyclic) bond motifs is 1. The summed E-state index contributed by atoms with van der Waals surface area (Å²) in [6, 6.07) is 19.7. The van der Waals surface area contributed by atoms with Crippen molar-refractivity contribution in [2.24, 2.45) is 0 Å².